The SMILES string of the molecule is CC(C)C(C#N)(CCN1CCN(CCOc2cccc(C#N)c2)CC1)c1cccs1. The van der Waals surface area contributed by atoms with Gasteiger partial charge in [0.2, 0.25) is 0 Å². The lowest BCUT2D eigenvalue weighted by Crippen LogP contribution is -2.48. The van der Waals surface area contributed by atoms with Crippen molar-refractivity contribution in [2.45, 2.75) is 25.7 Å². The van der Waals surface area contributed by atoms with E-state index in [1.165, 1.54) is 4.88 Å². The van der Waals surface area contributed by atoms with Crippen LogP contribution in [0.15, 0.2) is 41.8 Å². The molecule has 1 fully saturated rings. The Balaban J connectivity index is 1.43. The number of nitrogens with zero attached hydrogens (tertiary/aromatic N) is 4. The number of hydrogen-bond donors (Lipinski definition) is 0. The van der Waals surface area contributed by atoms with E-state index < -0.39 is 5.41 Å². The molecule has 0 radical (unpaired) electrons. The summed E-state index contributed by atoms with van der Waals surface area (Å²) in [7, 11) is 0. The van der Waals surface area contributed by atoms with E-state index in [1.54, 1.807) is 23.5 Å². The van der Waals surface area contributed by atoms with Gasteiger partial charge in [0.15, 0.2) is 0 Å². The lowest BCUT2D eigenvalue weighted by Gasteiger charge is -2.37. The molecular weight excluding hydrogens is 392 g/mol. The number of thiophene rings is 1. The van der Waals surface area contributed by atoms with Gasteiger partial charge in [0.1, 0.15) is 12.4 Å². The highest BCUT2D eigenvalue weighted by atomic mass is 32.1. The molecule has 2 heterocycles. The first-order chi connectivity index (χ1) is 14.6. The van der Waals surface area contributed by atoms with E-state index in [0.717, 1.165) is 51.4 Å². The minimum Gasteiger partial charge on any atom is -0.492 e. The molecule has 2 aromatic rings. The lowest BCUT2D eigenvalue weighted by molar-refractivity contribution is 0.110. The predicted molar refractivity (Wildman–Crippen MR) is 121 cm³/mol. The molecule has 1 atom stereocenters. The van der Waals surface area contributed by atoms with Crippen molar-refractivity contribution < 1.29 is 4.74 Å². The standard InChI is InChI=1S/C24H30N4OS/c1-20(2)24(19-26,23-7-4-16-30-23)8-9-27-10-12-28(13-11-27)14-15-29-22-6-3-5-21(17-22)18-25/h3-7,16-17,20H,8-15H2,1-2H3. The van der Waals surface area contributed by atoms with Crippen molar-refractivity contribution in [2.75, 3.05) is 45.9 Å². The van der Waals surface area contributed by atoms with E-state index in [0.29, 0.717) is 18.1 Å². The zero-order chi connectivity index (χ0) is 21.4. The summed E-state index contributed by atoms with van der Waals surface area (Å²) < 4.78 is 5.81. The molecule has 0 N–H and O–H groups in total. The van der Waals surface area contributed by atoms with Crippen LogP contribution in [-0.2, 0) is 5.41 Å². The molecule has 0 amide bonds. The summed E-state index contributed by atoms with van der Waals surface area (Å²) in [4.78, 5) is 6.09. The normalized spacial score (nSPS) is 17.2. The van der Waals surface area contributed by atoms with Crippen molar-refractivity contribution in [3.8, 4) is 17.9 Å². The van der Waals surface area contributed by atoms with E-state index >= 15 is 0 Å². The van der Waals surface area contributed by atoms with Crippen LogP contribution in [-0.4, -0.2) is 55.7 Å². The number of rotatable bonds is 9. The molecule has 6 heteroatoms. The van der Waals surface area contributed by atoms with Gasteiger partial charge in [-0.3, -0.25) is 4.90 Å². The minimum absolute atomic E-state index is 0.291. The van der Waals surface area contributed by atoms with Crippen LogP contribution in [0, 0.1) is 28.6 Å². The summed E-state index contributed by atoms with van der Waals surface area (Å²) in [5.41, 5.74) is 0.232. The van der Waals surface area contributed by atoms with Crippen LogP contribution in [0.4, 0.5) is 0 Å². The molecule has 0 saturated carbocycles. The first-order valence-corrected chi connectivity index (χ1v) is 11.5. The van der Waals surface area contributed by atoms with Crippen molar-refractivity contribution in [3.05, 3.63) is 52.2 Å². The maximum atomic E-state index is 10.0. The summed E-state index contributed by atoms with van der Waals surface area (Å²) in [5, 5.41) is 21.1. The van der Waals surface area contributed by atoms with Crippen LogP contribution in [0.5, 0.6) is 5.75 Å². The first kappa shape index (κ1) is 22.3. The van der Waals surface area contributed by atoms with E-state index in [1.807, 2.05) is 18.2 Å². The van der Waals surface area contributed by atoms with Crippen molar-refractivity contribution in [1.82, 2.24) is 9.80 Å². The summed E-state index contributed by atoms with van der Waals surface area (Å²) >= 11 is 1.70. The monoisotopic (exact) mass is 422 g/mol. The Hall–Kier alpha value is -2.38. The smallest absolute Gasteiger partial charge is 0.120 e. The van der Waals surface area contributed by atoms with Gasteiger partial charge in [0, 0.05) is 44.1 Å². The highest BCUT2D eigenvalue weighted by Gasteiger charge is 2.37. The first-order valence-electron chi connectivity index (χ1n) is 10.6. The van der Waals surface area contributed by atoms with Crippen LogP contribution in [0.3, 0.4) is 0 Å². The van der Waals surface area contributed by atoms with Gasteiger partial charge in [0.25, 0.3) is 0 Å². The van der Waals surface area contributed by atoms with Gasteiger partial charge in [-0.1, -0.05) is 26.0 Å². The average Bonchev–Trinajstić information content (AvgIpc) is 3.31. The highest BCUT2D eigenvalue weighted by Crippen LogP contribution is 2.38. The van der Waals surface area contributed by atoms with Gasteiger partial charge in [-0.05, 0) is 42.0 Å². The zero-order valence-electron chi connectivity index (χ0n) is 17.9. The van der Waals surface area contributed by atoms with Gasteiger partial charge in [-0.2, -0.15) is 10.5 Å². The Kier molecular flexibility index (Phi) is 7.87. The van der Waals surface area contributed by atoms with Crippen LogP contribution in [0.1, 0.15) is 30.7 Å². The molecule has 1 aromatic carbocycles. The Morgan fingerprint density at radius 3 is 2.40 bits per heavy atom. The van der Waals surface area contributed by atoms with Crippen LogP contribution >= 0.6 is 11.3 Å². The molecule has 30 heavy (non-hydrogen) atoms. The third-order valence-corrected chi connectivity index (χ3v) is 7.12. The molecule has 1 unspecified atom stereocenters. The molecule has 0 spiro atoms. The number of piperazine rings is 1. The zero-order valence-corrected chi connectivity index (χ0v) is 18.7. The van der Waals surface area contributed by atoms with Gasteiger partial charge in [-0.25, -0.2) is 0 Å². The van der Waals surface area contributed by atoms with Crippen molar-refractivity contribution in [3.63, 3.8) is 0 Å². The number of benzene rings is 1. The van der Waals surface area contributed by atoms with E-state index in [9.17, 15) is 5.26 Å². The fourth-order valence-corrected chi connectivity index (χ4v) is 5.04. The van der Waals surface area contributed by atoms with Crippen LogP contribution < -0.4 is 4.74 Å². The lowest BCUT2D eigenvalue weighted by atomic mass is 9.74. The van der Waals surface area contributed by atoms with Crippen molar-refractivity contribution in [1.29, 1.82) is 10.5 Å². The summed E-state index contributed by atoms with van der Waals surface area (Å²) in [6, 6.07) is 16.3. The third-order valence-electron chi connectivity index (χ3n) is 6.07. The van der Waals surface area contributed by atoms with Gasteiger partial charge < -0.3 is 9.64 Å². The molecule has 158 valence electrons. The summed E-state index contributed by atoms with van der Waals surface area (Å²) in [5.74, 6) is 1.04. The van der Waals surface area contributed by atoms with Crippen molar-refractivity contribution in [2.24, 2.45) is 5.92 Å². The maximum absolute atomic E-state index is 10.0. The molecule has 1 aliphatic heterocycles. The quantitative estimate of drug-likeness (QED) is 0.608. The van der Waals surface area contributed by atoms with Gasteiger partial charge in [0.05, 0.1) is 23.1 Å². The molecule has 0 aliphatic carbocycles. The molecular formula is C24H30N4OS. The summed E-state index contributed by atoms with van der Waals surface area (Å²) in [6.45, 7) is 10.9. The van der Waals surface area contributed by atoms with Gasteiger partial charge >= 0.3 is 0 Å². The van der Waals surface area contributed by atoms with Crippen molar-refractivity contribution >= 4 is 11.3 Å². The average molecular weight is 423 g/mol. The second-order valence-corrected chi connectivity index (χ2v) is 9.08. The molecule has 3 rings (SSSR count). The number of ether oxygens (including phenoxy) is 1. The Morgan fingerprint density at radius 1 is 1.07 bits per heavy atom. The second-order valence-electron chi connectivity index (χ2n) is 8.14. The Bertz CT molecular complexity index is 875. The highest BCUT2D eigenvalue weighted by molar-refractivity contribution is 7.10. The Morgan fingerprint density at radius 2 is 1.80 bits per heavy atom. The largest absolute Gasteiger partial charge is 0.492 e. The van der Waals surface area contributed by atoms with E-state index in [2.05, 4.69) is 47.2 Å². The molecule has 1 aromatic heterocycles. The fourth-order valence-electron chi connectivity index (χ4n) is 3.99. The fraction of sp³-hybridized carbons (Fsp3) is 0.500. The van der Waals surface area contributed by atoms with Gasteiger partial charge in [-0.15, -0.1) is 11.3 Å². The molecule has 5 nitrogen and oxygen atoms in total. The van der Waals surface area contributed by atoms with E-state index in [-0.39, 0.29) is 0 Å². The van der Waals surface area contributed by atoms with Crippen LogP contribution in [0.25, 0.3) is 0 Å². The molecule has 1 aliphatic rings. The maximum Gasteiger partial charge on any atom is 0.120 e. The molecule has 1 saturated heterocycles. The summed E-state index contributed by atoms with van der Waals surface area (Å²) in [6.07, 6.45) is 0.875. The Labute approximate surface area is 184 Å². The van der Waals surface area contributed by atoms with E-state index in [4.69, 9.17) is 10.00 Å². The molecule has 0 bridgehead atoms. The second kappa shape index (κ2) is 10.6. The third kappa shape index (κ3) is 5.40. The number of hydrogen-bond acceptors (Lipinski definition) is 6. The predicted octanol–water partition coefficient (Wildman–Crippen LogP) is 4.12. The minimum atomic E-state index is -0.392. The topological polar surface area (TPSA) is 63.3 Å². The number of nitriles is 2. The van der Waals surface area contributed by atoms with Crippen LogP contribution in [0.2, 0.25) is 0 Å².